The Balaban J connectivity index is 1.72. The summed E-state index contributed by atoms with van der Waals surface area (Å²) in [6.45, 7) is 6.40. The van der Waals surface area contributed by atoms with E-state index in [1.165, 1.54) is 23.0 Å². The average Bonchev–Trinajstić information content (AvgIpc) is 2.84. The highest BCUT2D eigenvalue weighted by atomic mass is 35.5. The molecule has 0 radical (unpaired) electrons. The summed E-state index contributed by atoms with van der Waals surface area (Å²) in [5.41, 5.74) is 0.911. The lowest BCUT2D eigenvalue weighted by molar-refractivity contribution is 0.0688. The van der Waals surface area contributed by atoms with Crippen molar-refractivity contribution >= 4 is 11.6 Å². The van der Waals surface area contributed by atoms with Crippen molar-refractivity contribution in [2.75, 3.05) is 0 Å². The van der Waals surface area contributed by atoms with Gasteiger partial charge in [-0.05, 0) is 58.0 Å². The number of hydrogen-bond acceptors (Lipinski definition) is 6. The standard InChI is InChI=1S/C26H23ClF2N4O3/c1-14-15(2)33(24(34)22(27)23(14)36-13-16-5-6-17(28)11-19(16)29)18-7-9-30-21(12-18)20-8-10-31-25(32-20)26(3,4)35/h5-12,35H,13H2,1-4H3. The van der Waals surface area contributed by atoms with E-state index in [4.69, 9.17) is 16.3 Å². The van der Waals surface area contributed by atoms with Crippen LogP contribution in [0.15, 0.2) is 53.6 Å². The Bertz CT molecular complexity index is 1520. The molecule has 0 unspecified atom stereocenters. The molecule has 0 aliphatic heterocycles. The van der Waals surface area contributed by atoms with Crippen LogP contribution < -0.4 is 10.3 Å². The molecule has 4 rings (SSSR count). The molecule has 0 spiro atoms. The second-order valence-electron chi connectivity index (χ2n) is 8.74. The molecule has 0 bridgehead atoms. The van der Waals surface area contributed by atoms with Crippen LogP contribution in [0, 0.1) is 25.5 Å². The summed E-state index contributed by atoms with van der Waals surface area (Å²) in [7, 11) is 0. The van der Waals surface area contributed by atoms with Gasteiger partial charge in [0.15, 0.2) is 5.82 Å². The van der Waals surface area contributed by atoms with Gasteiger partial charge in [0.25, 0.3) is 5.56 Å². The molecule has 7 nitrogen and oxygen atoms in total. The third kappa shape index (κ3) is 4.98. The van der Waals surface area contributed by atoms with Crippen molar-refractivity contribution in [1.82, 2.24) is 19.5 Å². The molecule has 4 aromatic rings. The van der Waals surface area contributed by atoms with Crippen LogP contribution in [0.5, 0.6) is 5.75 Å². The van der Waals surface area contributed by atoms with Crippen LogP contribution in [0.1, 0.15) is 36.5 Å². The second-order valence-corrected chi connectivity index (χ2v) is 9.12. The van der Waals surface area contributed by atoms with Crippen molar-refractivity contribution in [2.24, 2.45) is 0 Å². The fraction of sp³-hybridized carbons (Fsp3) is 0.231. The van der Waals surface area contributed by atoms with Gasteiger partial charge in [0.1, 0.15) is 34.6 Å². The van der Waals surface area contributed by atoms with Gasteiger partial charge in [-0.15, -0.1) is 0 Å². The van der Waals surface area contributed by atoms with Crippen LogP contribution in [0.3, 0.4) is 0 Å². The van der Waals surface area contributed by atoms with E-state index in [0.29, 0.717) is 28.3 Å². The van der Waals surface area contributed by atoms with E-state index in [0.717, 1.165) is 12.1 Å². The first-order chi connectivity index (χ1) is 17.0. The molecular weight excluding hydrogens is 490 g/mol. The third-order valence-electron chi connectivity index (χ3n) is 5.66. The second kappa shape index (κ2) is 9.75. The van der Waals surface area contributed by atoms with Gasteiger partial charge in [0, 0.05) is 35.3 Å². The van der Waals surface area contributed by atoms with Crippen LogP contribution in [0.25, 0.3) is 17.1 Å². The van der Waals surface area contributed by atoms with Gasteiger partial charge < -0.3 is 9.84 Å². The van der Waals surface area contributed by atoms with Crippen LogP contribution in [-0.2, 0) is 12.2 Å². The number of ether oxygens (including phenoxy) is 1. The Kier molecular flexibility index (Phi) is 6.88. The van der Waals surface area contributed by atoms with Crippen LogP contribution in [0.2, 0.25) is 5.02 Å². The molecule has 0 aliphatic carbocycles. The van der Waals surface area contributed by atoms with Crippen LogP contribution >= 0.6 is 11.6 Å². The minimum atomic E-state index is -1.24. The Labute approximate surface area is 211 Å². The number of aliphatic hydroxyl groups is 1. The first-order valence-electron chi connectivity index (χ1n) is 11.0. The van der Waals surface area contributed by atoms with Crippen LogP contribution in [-0.4, -0.2) is 24.6 Å². The minimum absolute atomic E-state index is 0.124. The zero-order valence-corrected chi connectivity index (χ0v) is 20.8. The first-order valence-corrected chi connectivity index (χ1v) is 11.4. The largest absolute Gasteiger partial charge is 0.487 e. The molecule has 186 valence electrons. The molecule has 0 atom stereocenters. The van der Waals surface area contributed by atoms with Crippen molar-refractivity contribution in [3.63, 3.8) is 0 Å². The zero-order chi connectivity index (χ0) is 26.2. The molecule has 0 fully saturated rings. The van der Waals surface area contributed by atoms with Gasteiger partial charge in [-0.3, -0.25) is 14.3 Å². The summed E-state index contributed by atoms with van der Waals surface area (Å²) >= 11 is 6.41. The molecule has 1 N–H and O–H groups in total. The van der Waals surface area contributed by atoms with Crippen molar-refractivity contribution < 1.29 is 18.6 Å². The normalized spacial score (nSPS) is 11.6. The van der Waals surface area contributed by atoms with Crippen LogP contribution in [0.4, 0.5) is 8.78 Å². The molecule has 3 aromatic heterocycles. The topological polar surface area (TPSA) is 90.1 Å². The quantitative estimate of drug-likeness (QED) is 0.389. The van der Waals surface area contributed by atoms with E-state index in [2.05, 4.69) is 15.0 Å². The van der Waals surface area contributed by atoms with E-state index in [-0.39, 0.29) is 28.8 Å². The predicted octanol–water partition coefficient (Wildman–Crippen LogP) is 5.04. The third-order valence-corrected chi connectivity index (χ3v) is 6.00. The monoisotopic (exact) mass is 512 g/mol. The highest BCUT2D eigenvalue weighted by Gasteiger charge is 2.22. The Hall–Kier alpha value is -3.69. The van der Waals surface area contributed by atoms with Crippen molar-refractivity contribution in [3.8, 4) is 22.8 Å². The van der Waals surface area contributed by atoms with Gasteiger partial charge >= 0.3 is 0 Å². The summed E-state index contributed by atoms with van der Waals surface area (Å²) in [4.78, 5) is 26.1. The molecule has 1 aromatic carbocycles. The van der Waals surface area contributed by atoms with Gasteiger partial charge in [-0.1, -0.05) is 11.6 Å². The van der Waals surface area contributed by atoms with Crippen molar-refractivity contribution in [2.45, 2.75) is 39.9 Å². The molecule has 0 saturated carbocycles. The highest BCUT2D eigenvalue weighted by Crippen LogP contribution is 2.30. The maximum absolute atomic E-state index is 14.0. The minimum Gasteiger partial charge on any atom is -0.487 e. The van der Waals surface area contributed by atoms with Gasteiger partial charge in [-0.2, -0.15) is 0 Å². The Morgan fingerprint density at radius 1 is 1.06 bits per heavy atom. The smallest absolute Gasteiger partial charge is 0.277 e. The summed E-state index contributed by atoms with van der Waals surface area (Å²) in [6, 6.07) is 8.15. The maximum Gasteiger partial charge on any atom is 0.277 e. The number of aromatic nitrogens is 4. The van der Waals surface area contributed by atoms with E-state index >= 15 is 0 Å². The van der Waals surface area contributed by atoms with E-state index in [1.807, 2.05) is 0 Å². The first kappa shape index (κ1) is 25.4. The fourth-order valence-electron chi connectivity index (χ4n) is 3.61. The summed E-state index contributed by atoms with van der Waals surface area (Å²) in [5.74, 6) is -1.09. The zero-order valence-electron chi connectivity index (χ0n) is 20.0. The highest BCUT2D eigenvalue weighted by molar-refractivity contribution is 6.32. The van der Waals surface area contributed by atoms with E-state index < -0.39 is 22.8 Å². The number of benzene rings is 1. The molecule has 10 heteroatoms. The molecule has 0 amide bonds. The lowest BCUT2D eigenvalue weighted by Crippen LogP contribution is -2.23. The Morgan fingerprint density at radius 2 is 1.78 bits per heavy atom. The molecule has 0 saturated heterocycles. The molecule has 3 heterocycles. The summed E-state index contributed by atoms with van der Waals surface area (Å²) in [6.07, 6.45) is 3.06. The fourth-order valence-corrected chi connectivity index (χ4v) is 3.89. The van der Waals surface area contributed by atoms with Gasteiger partial charge in [0.05, 0.1) is 17.1 Å². The molecular formula is C26H23ClF2N4O3. The van der Waals surface area contributed by atoms with Crippen molar-refractivity contribution in [3.05, 3.63) is 98.4 Å². The van der Waals surface area contributed by atoms with Gasteiger partial charge in [-0.25, -0.2) is 18.7 Å². The number of hydrogen-bond donors (Lipinski definition) is 1. The number of halogens is 3. The SMILES string of the molecule is Cc1c(OCc2ccc(F)cc2F)c(Cl)c(=O)n(-c2ccnc(-c3ccnc(C(C)(C)O)n3)c2)c1C. The summed E-state index contributed by atoms with van der Waals surface area (Å²) in [5, 5.41) is 10.1. The number of rotatable bonds is 6. The predicted molar refractivity (Wildman–Crippen MR) is 131 cm³/mol. The molecule has 0 aliphatic rings. The number of nitrogens with zero attached hydrogens (tertiary/aromatic N) is 4. The molecule has 36 heavy (non-hydrogen) atoms. The van der Waals surface area contributed by atoms with Crippen molar-refractivity contribution in [1.29, 1.82) is 0 Å². The lowest BCUT2D eigenvalue weighted by Gasteiger charge is -2.19. The number of pyridine rings is 2. The summed E-state index contributed by atoms with van der Waals surface area (Å²) < 4.78 is 34.3. The maximum atomic E-state index is 14.0. The average molecular weight is 513 g/mol. The van der Waals surface area contributed by atoms with E-state index in [1.54, 1.807) is 45.9 Å². The van der Waals surface area contributed by atoms with E-state index in [9.17, 15) is 18.7 Å². The lowest BCUT2D eigenvalue weighted by atomic mass is 10.1. The van der Waals surface area contributed by atoms with Gasteiger partial charge in [0.2, 0.25) is 0 Å². The Morgan fingerprint density at radius 3 is 2.47 bits per heavy atom.